The molecule has 3 aromatic heterocycles. The normalized spacial score (nSPS) is 16.5. The molecule has 0 radical (unpaired) electrons. The van der Waals surface area contributed by atoms with E-state index in [9.17, 15) is 18.0 Å². The van der Waals surface area contributed by atoms with Crippen LogP contribution in [0.3, 0.4) is 0 Å². The molecule has 4 heterocycles. The van der Waals surface area contributed by atoms with Crippen molar-refractivity contribution in [3.8, 4) is 0 Å². The summed E-state index contributed by atoms with van der Waals surface area (Å²) < 4.78 is 39.0. The van der Waals surface area contributed by atoms with Crippen molar-refractivity contribution in [3.05, 3.63) is 42.6 Å². The summed E-state index contributed by atoms with van der Waals surface area (Å²) in [5, 5.41) is 3.76. The first kappa shape index (κ1) is 20.2. The second-order valence-electron chi connectivity index (χ2n) is 7.21. The molecule has 4 rings (SSSR count). The number of hydrogen-bond acceptors (Lipinski definition) is 6. The number of nitrogens with two attached hydrogens (primary N) is 1. The third kappa shape index (κ3) is 3.50. The number of H-pyrrole nitrogens is 1. The van der Waals surface area contributed by atoms with Gasteiger partial charge in [-0.1, -0.05) is 0 Å². The topological polar surface area (TPSA) is 113 Å². The number of alkyl halides is 3. The Hall–Kier alpha value is -3.05. The minimum atomic E-state index is -4.58. The number of piperidine rings is 1. The number of aromatic nitrogens is 4. The van der Waals surface area contributed by atoms with Gasteiger partial charge in [-0.2, -0.15) is 13.2 Å². The molecule has 1 aliphatic rings. The Kier molecular flexibility index (Phi) is 5.16. The van der Waals surface area contributed by atoms with Crippen molar-refractivity contribution in [1.29, 1.82) is 0 Å². The van der Waals surface area contributed by atoms with E-state index in [0.29, 0.717) is 37.0 Å². The van der Waals surface area contributed by atoms with Gasteiger partial charge in [0.05, 0.1) is 22.7 Å². The van der Waals surface area contributed by atoms with Gasteiger partial charge in [-0.3, -0.25) is 9.69 Å². The van der Waals surface area contributed by atoms with Crippen LogP contribution in [-0.4, -0.2) is 45.5 Å². The van der Waals surface area contributed by atoms with Gasteiger partial charge in [0.2, 0.25) is 5.91 Å². The minimum Gasteiger partial charge on any atom is -0.346 e. The van der Waals surface area contributed by atoms with Crippen LogP contribution in [0.2, 0.25) is 0 Å². The molecule has 1 amide bonds. The Morgan fingerprint density at radius 3 is 2.57 bits per heavy atom. The number of rotatable bonds is 4. The van der Waals surface area contributed by atoms with Gasteiger partial charge in [-0.15, -0.1) is 0 Å². The van der Waals surface area contributed by atoms with Crippen molar-refractivity contribution in [2.75, 3.05) is 24.5 Å². The maximum atomic E-state index is 13.8. The second-order valence-corrected chi connectivity index (χ2v) is 7.21. The molecule has 1 fully saturated rings. The van der Waals surface area contributed by atoms with Crippen molar-refractivity contribution < 1.29 is 18.0 Å². The van der Waals surface area contributed by atoms with Crippen LogP contribution >= 0.6 is 0 Å². The molecule has 0 aliphatic carbocycles. The summed E-state index contributed by atoms with van der Waals surface area (Å²) in [5.41, 5.74) is 4.82. The molecule has 0 atom stereocenters. The lowest BCUT2D eigenvalue weighted by molar-refractivity contribution is -0.141. The van der Waals surface area contributed by atoms with Crippen LogP contribution < -0.4 is 16.0 Å². The van der Waals surface area contributed by atoms with E-state index < -0.39 is 17.3 Å². The first-order chi connectivity index (χ1) is 14.4. The number of anilines is 2. The highest BCUT2D eigenvalue weighted by atomic mass is 19.4. The molecule has 4 N–H and O–H groups in total. The summed E-state index contributed by atoms with van der Waals surface area (Å²) in [7, 11) is 0. The van der Waals surface area contributed by atoms with E-state index in [4.69, 9.17) is 5.73 Å². The molecule has 0 spiro atoms. The highest BCUT2D eigenvalue weighted by molar-refractivity contribution is 6.08. The number of carbonyl (C=O) groups excluding carboxylic acids is 1. The fourth-order valence-corrected chi connectivity index (χ4v) is 3.71. The molecular formula is C19H20F3N7O. The van der Waals surface area contributed by atoms with Gasteiger partial charge < -0.3 is 16.0 Å². The summed E-state index contributed by atoms with van der Waals surface area (Å²) in [6.45, 7) is 1.34. The van der Waals surface area contributed by atoms with Gasteiger partial charge in [0.25, 0.3) is 0 Å². The van der Waals surface area contributed by atoms with Crippen molar-refractivity contribution in [2.45, 2.75) is 19.0 Å². The summed E-state index contributed by atoms with van der Waals surface area (Å²) in [6, 6.07) is 3.78. The molecule has 0 saturated carbocycles. The number of aromatic amines is 1. The Balaban J connectivity index is 1.85. The summed E-state index contributed by atoms with van der Waals surface area (Å²) in [6.07, 6.45) is 0.419. The molecular weight excluding hydrogens is 399 g/mol. The molecule has 30 heavy (non-hydrogen) atoms. The van der Waals surface area contributed by atoms with Gasteiger partial charge >= 0.3 is 6.18 Å². The summed E-state index contributed by atoms with van der Waals surface area (Å²) in [4.78, 5) is 30.0. The fraction of sp³-hybridized carbons (Fsp3) is 0.368. The van der Waals surface area contributed by atoms with Crippen molar-refractivity contribution in [1.82, 2.24) is 25.3 Å². The van der Waals surface area contributed by atoms with E-state index in [2.05, 4.69) is 25.3 Å². The maximum Gasteiger partial charge on any atom is 0.433 e. The molecule has 0 aromatic carbocycles. The molecule has 3 aromatic rings. The number of hydrogen-bond donors (Lipinski definition) is 3. The van der Waals surface area contributed by atoms with Crippen LogP contribution in [0.15, 0.2) is 36.9 Å². The Bertz CT molecular complexity index is 1040. The third-order valence-corrected chi connectivity index (χ3v) is 5.45. The molecule has 1 aliphatic heterocycles. The average molecular weight is 419 g/mol. The van der Waals surface area contributed by atoms with Gasteiger partial charge in [-0.05, 0) is 44.1 Å². The monoisotopic (exact) mass is 419 g/mol. The maximum absolute atomic E-state index is 13.8. The molecule has 158 valence electrons. The zero-order valence-electron chi connectivity index (χ0n) is 15.9. The molecule has 11 heteroatoms. The van der Waals surface area contributed by atoms with E-state index >= 15 is 0 Å². The highest BCUT2D eigenvalue weighted by Crippen LogP contribution is 2.38. The van der Waals surface area contributed by atoms with E-state index in [-0.39, 0.29) is 24.0 Å². The zero-order chi connectivity index (χ0) is 21.4. The lowest BCUT2D eigenvalue weighted by Crippen LogP contribution is -2.52. The van der Waals surface area contributed by atoms with E-state index in [0.717, 1.165) is 12.3 Å². The molecule has 0 bridgehead atoms. The average Bonchev–Trinajstić information content (AvgIpc) is 3.24. The van der Waals surface area contributed by atoms with Gasteiger partial charge in [0.1, 0.15) is 17.7 Å². The lowest BCUT2D eigenvalue weighted by atomic mass is 9.77. The Labute approximate surface area is 169 Å². The van der Waals surface area contributed by atoms with Crippen LogP contribution in [-0.2, 0) is 11.0 Å². The molecule has 8 nitrogen and oxygen atoms in total. The smallest absolute Gasteiger partial charge is 0.346 e. The van der Waals surface area contributed by atoms with E-state index in [1.54, 1.807) is 12.3 Å². The largest absolute Gasteiger partial charge is 0.433 e. The van der Waals surface area contributed by atoms with E-state index in [1.165, 1.54) is 17.3 Å². The number of halogens is 3. The predicted molar refractivity (Wildman–Crippen MR) is 104 cm³/mol. The predicted octanol–water partition coefficient (Wildman–Crippen LogP) is 2.36. The number of nitrogens with zero attached hydrogens (tertiary/aromatic N) is 4. The SMILES string of the molecule is NCC1(C(=O)N(c2ccc(C(F)(F)F)nc2)c2ncnc3[nH]ccc23)CCNCC1. The van der Waals surface area contributed by atoms with Crippen molar-refractivity contribution >= 4 is 28.4 Å². The Morgan fingerprint density at radius 2 is 1.93 bits per heavy atom. The minimum absolute atomic E-state index is 0.111. The first-order valence-electron chi connectivity index (χ1n) is 9.42. The van der Waals surface area contributed by atoms with Gasteiger partial charge in [0.15, 0.2) is 5.82 Å². The van der Waals surface area contributed by atoms with Crippen molar-refractivity contribution in [3.63, 3.8) is 0 Å². The Morgan fingerprint density at radius 1 is 1.17 bits per heavy atom. The number of amides is 1. The fourth-order valence-electron chi connectivity index (χ4n) is 3.71. The number of carbonyl (C=O) groups is 1. The van der Waals surface area contributed by atoms with Gasteiger partial charge in [-0.25, -0.2) is 15.0 Å². The molecule has 0 unspecified atom stereocenters. The number of pyridine rings is 1. The quantitative estimate of drug-likeness (QED) is 0.599. The number of fused-ring (bicyclic) bond motifs is 1. The van der Waals surface area contributed by atoms with E-state index in [1.807, 2.05) is 0 Å². The first-order valence-corrected chi connectivity index (χ1v) is 9.42. The molecule has 1 saturated heterocycles. The highest BCUT2D eigenvalue weighted by Gasteiger charge is 2.43. The van der Waals surface area contributed by atoms with Crippen molar-refractivity contribution in [2.24, 2.45) is 11.1 Å². The van der Waals surface area contributed by atoms with Crippen LogP contribution in [0.5, 0.6) is 0 Å². The standard InChI is InChI=1S/C19H20F3N7O/c20-19(21,22)14-2-1-12(9-26-14)29(16-13-3-6-25-15(13)27-11-28-16)17(30)18(10-23)4-7-24-8-5-18/h1-3,6,9,11,24H,4-5,7-8,10,23H2,(H,25,27,28). The number of nitrogens with one attached hydrogen (secondary N) is 2. The van der Waals surface area contributed by atoms with Gasteiger partial charge in [0, 0.05) is 12.7 Å². The van der Waals surface area contributed by atoms with Crippen LogP contribution in [0.4, 0.5) is 24.7 Å². The second kappa shape index (κ2) is 7.65. The summed E-state index contributed by atoms with van der Waals surface area (Å²) in [5.74, 6) is -0.0616. The zero-order valence-corrected chi connectivity index (χ0v) is 15.9. The van der Waals surface area contributed by atoms with Crippen LogP contribution in [0.1, 0.15) is 18.5 Å². The van der Waals surface area contributed by atoms with Crippen LogP contribution in [0.25, 0.3) is 11.0 Å². The van der Waals surface area contributed by atoms with Crippen LogP contribution in [0, 0.1) is 5.41 Å². The third-order valence-electron chi connectivity index (χ3n) is 5.45. The lowest BCUT2D eigenvalue weighted by Gasteiger charge is -2.38. The summed E-state index contributed by atoms with van der Waals surface area (Å²) >= 11 is 0.